The van der Waals surface area contributed by atoms with Gasteiger partial charge in [-0.15, -0.1) is 0 Å². The largest absolute Gasteiger partial charge is 2.00 e. The first-order chi connectivity index (χ1) is 35.3. The van der Waals surface area contributed by atoms with E-state index in [0.29, 0.717) is 58.1 Å². The average Bonchev–Trinajstić information content (AvgIpc) is 4.16. The Kier molecular flexibility index (Phi) is 28.0. The number of aromatic nitrogens is 8. The molecule has 4 aromatic carbocycles. The number of thioether (sulfide) groups is 3. The van der Waals surface area contributed by atoms with E-state index in [1.165, 1.54) is 88.6 Å². The number of unbranched alkanes of at least 4 members (excludes halogenated alkanes) is 10. The molecule has 0 atom stereocenters. The van der Waals surface area contributed by atoms with Crippen LogP contribution in [0.25, 0.3) is 89.7 Å². The second-order valence-electron chi connectivity index (χ2n) is 17.1. The topological polar surface area (TPSA) is 132 Å². The van der Waals surface area contributed by atoms with Gasteiger partial charge in [0.2, 0.25) is 0 Å². The molecule has 0 N–H and O–H groups in total. The van der Waals surface area contributed by atoms with Gasteiger partial charge in [0.1, 0.15) is 6.61 Å². The molecule has 391 valence electrons. The molecule has 0 aliphatic carbocycles. The van der Waals surface area contributed by atoms with Crippen LogP contribution in [-0.4, -0.2) is 78.5 Å². The van der Waals surface area contributed by atoms with E-state index in [-0.39, 0.29) is 23.0 Å². The van der Waals surface area contributed by atoms with Crippen molar-refractivity contribution in [3.8, 4) is 45.6 Å². The Bertz CT molecular complexity index is 2610. The number of hydrogen-bond acceptors (Lipinski definition) is 11. The van der Waals surface area contributed by atoms with Crippen LogP contribution >= 0.6 is 35.3 Å². The fourth-order valence-corrected chi connectivity index (χ4v) is 9.09. The molecule has 0 saturated carbocycles. The molecule has 1 radical (unpaired) electrons. The summed E-state index contributed by atoms with van der Waals surface area (Å²) in [5.41, 5.74) is 6.24. The molecule has 7 aromatic rings. The fraction of sp³-hybridized carbons (Fsp3) is 0.407. The third-order valence-corrected chi connectivity index (χ3v) is 13.6. The van der Waals surface area contributed by atoms with Gasteiger partial charge in [-0.25, -0.2) is 14.8 Å². The van der Waals surface area contributed by atoms with E-state index in [0.717, 1.165) is 49.6 Å². The number of fused-ring (bicyclic) bond motifs is 20. The monoisotopic (exact) mass is 1090 g/mol. The molecule has 0 saturated heterocycles. The zero-order valence-corrected chi connectivity index (χ0v) is 47.6. The summed E-state index contributed by atoms with van der Waals surface area (Å²) in [4.78, 5) is 50.0. The van der Waals surface area contributed by atoms with E-state index >= 15 is 0 Å². The molecule has 0 unspecified atom stereocenters. The maximum absolute atomic E-state index is 10.7. The zero-order valence-electron chi connectivity index (χ0n) is 44.2. The van der Waals surface area contributed by atoms with Crippen LogP contribution in [0.3, 0.4) is 0 Å². The van der Waals surface area contributed by atoms with Gasteiger partial charge in [-0.05, 0) is 71.6 Å². The first-order valence-electron chi connectivity index (χ1n) is 25.7. The number of nitrogens with zero attached hydrogens (tertiary/aromatic N) is 8. The van der Waals surface area contributed by atoms with Crippen molar-refractivity contribution in [2.24, 2.45) is 0 Å². The van der Waals surface area contributed by atoms with Crippen molar-refractivity contribution in [3.63, 3.8) is 0 Å². The van der Waals surface area contributed by atoms with E-state index in [9.17, 15) is 4.79 Å². The van der Waals surface area contributed by atoms with Crippen molar-refractivity contribution in [2.75, 3.05) is 42.6 Å². The predicted octanol–water partition coefficient (Wildman–Crippen LogP) is 16.0. The number of rotatable bonds is 18. The van der Waals surface area contributed by atoms with E-state index < -0.39 is 0 Å². The molecule has 0 fully saturated rings. The number of benzene rings is 4. The van der Waals surface area contributed by atoms with Crippen molar-refractivity contribution in [3.05, 3.63) is 109 Å². The second-order valence-corrected chi connectivity index (χ2v) is 20.1. The summed E-state index contributed by atoms with van der Waals surface area (Å²) in [5.74, 6) is 5.46. The molecule has 2 aliphatic rings. The van der Waals surface area contributed by atoms with Crippen molar-refractivity contribution < 1.29 is 26.6 Å². The Hall–Kier alpha value is -4.98. The van der Waals surface area contributed by atoms with E-state index in [1.54, 1.807) is 18.7 Å². The Morgan fingerprint density at radius 2 is 0.753 bits per heavy atom. The molecule has 0 spiro atoms. The summed E-state index contributed by atoms with van der Waals surface area (Å²) in [6.07, 6.45) is 23.5. The SMILES string of the molecule is C=C(C)C(=O)OCCSC.CC.CCCCCCCCSC.CCCCCCCCSC.[Cu+2].c1ccc2c(c1)-c1nc-2nc2[n-]c(nc3nc(nc4[n-]c(n1)c1ccccc41)-c1ccccc1-3)c1ccccc21. The maximum Gasteiger partial charge on any atom is 2.00 e. The quantitative estimate of drug-likeness (QED) is 0.0350. The van der Waals surface area contributed by atoms with Crippen LogP contribution in [-0.2, 0) is 26.6 Å². The van der Waals surface area contributed by atoms with Gasteiger partial charge in [0.15, 0.2) is 0 Å². The molecule has 9 rings (SSSR count). The molecule has 5 heterocycles. The first kappa shape index (κ1) is 60.6. The molecule has 8 bridgehead atoms. The van der Waals surface area contributed by atoms with E-state index in [1.807, 2.05) is 141 Å². The predicted molar refractivity (Wildman–Crippen MR) is 313 cm³/mol. The van der Waals surface area contributed by atoms with Crippen LogP contribution in [0.4, 0.5) is 0 Å². The van der Waals surface area contributed by atoms with Gasteiger partial charge in [-0.3, -0.25) is 0 Å². The summed E-state index contributed by atoms with van der Waals surface area (Å²) >= 11 is 5.58. The fourth-order valence-electron chi connectivity index (χ4n) is 7.85. The molecule has 0 amide bonds. The Labute approximate surface area is 458 Å². The number of hydrogen-bond donors (Lipinski definition) is 0. The van der Waals surface area contributed by atoms with Gasteiger partial charge in [0, 0.05) is 56.2 Å². The van der Waals surface area contributed by atoms with Crippen LogP contribution < -0.4 is 9.97 Å². The minimum atomic E-state index is -0.297. The van der Waals surface area contributed by atoms with Gasteiger partial charge in [-0.1, -0.05) is 196 Å². The van der Waals surface area contributed by atoms with Crippen LogP contribution in [0.2, 0.25) is 0 Å². The van der Waals surface area contributed by atoms with Gasteiger partial charge in [0.25, 0.3) is 0 Å². The van der Waals surface area contributed by atoms with Gasteiger partial charge in [-0.2, -0.15) is 35.3 Å². The number of ether oxygens (including phenoxy) is 1. The van der Waals surface area contributed by atoms with Gasteiger partial charge < -0.3 is 34.6 Å². The van der Waals surface area contributed by atoms with Crippen molar-refractivity contribution in [1.29, 1.82) is 0 Å². The Morgan fingerprint density at radius 3 is 1.04 bits per heavy atom. The summed E-state index contributed by atoms with van der Waals surface area (Å²) < 4.78 is 4.78. The van der Waals surface area contributed by atoms with E-state index in [4.69, 9.17) is 44.6 Å². The summed E-state index contributed by atoms with van der Waals surface area (Å²) in [7, 11) is 0. The molecule has 2 aliphatic heterocycles. The average molecular weight is 1090 g/mol. The smallest absolute Gasteiger partial charge is 0.461 e. The summed E-state index contributed by atoms with van der Waals surface area (Å²) in [5, 5.41) is 3.57. The van der Waals surface area contributed by atoms with Crippen LogP contribution in [0.1, 0.15) is 112 Å². The van der Waals surface area contributed by atoms with Crippen LogP contribution in [0.5, 0.6) is 0 Å². The molecule has 3 aromatic heterocycles. The minimum Gasteiger partial charge on any atom is -0.461 e. The standard InChI is InChI=1S/C32H16N8.2C9H20S.C7H12O2S.C2H6.Cu/c1-2-10-18-17(9-1)25-33-26(18)38-28-21-13-5-6-14-22(21)30(35-28)40-32-24-16-8-7-15-23(24)31(36-32)39-29-20-12-4-3-11-19(20)27(34-29)37-25;2*1-3-4-5-6-7-8-9-10-2;1-6(2)7(8)9-4-5-10-3;1-2;/h1-16H;2*3-9H2,1-2H3;1,4-5H2,2-3H3;1-2H3;/q-2;;;;;+2. The molecular formula is C59H74CuN8O2S3. The third kappa shape index (κ3) is 17.8. The number of carbonyl (C=O) groups is 1. The Morgan fingerprint density at radius 1 is 0.466 bits per heavy atom. The van der Waals surface area contributed by atoms with Crippen LogP contribution in [0, 0.1) is 0 Å². The maximum atomic E-state index is 10.7. The van der Waals surface area contributed by atoms with Crippen molar-refractivity contribution in [1.82, 2.24) is 39.9 Å². The minimum absolute atomic E-state index is 0. The zero-order chi connectivity index (χ0) is 51.5. The number of carbonyl (C=O) groups excluding carboxylic acids is 1. The van der Waals surface area contributed by atoms with Gasteiger partial charge in [0.05, 0.1) is 23.3 Å². The van der Waals surface area contributed by atoms with Crippen molar-refractivity contribution >= 4 is 85.4 Å². The van der Waals surface area contributed by atoms with Gasteiger partial charge >= 0.3 is 23.0 Å². The molecular weight excluding hydrogens is 1010 g/mol. The molecule has 10 nitrogen and oxygen atoms in total. The number of esters is 1. The third-order valence-electron chi connectivity index (χ3n) is 11.6. The second kappa shape index (κ2) is 33.8. The summed E-state index contributed by atoms with van der Waals surface area (Å²) in [6.45, 7) is 14.1. The van der Waals surface area contributed by atoms with Crippen LogP contribution in [0.15, 0.2) is 109 Å². The molecule has 14 heteroatoms. The first-order valence-corrected chi connectivity index (χ1v) is 29.9. The Balaban J connectivity index is 0.000000288. The normalized spacial score (nSPS) is 10.7. The molecule has 73 heavy (non-hydrogen) atoms. The van der Waals surface area contributed by atoms with Crippen molar-refractivity contribution in [2.45, 2.75) is 112 Å². The summed E-state index contributed by atoms with van der Waals surface area (Å²) in [6, 6.07) is 31.8. The van der Waals surface area contributed by atoms with E-state index in [2.05, 4.69) is 32.9 Å².